The van der Waals surface area contributed by atoms with Crippen molar-refractivity contribution in [2.24, 2.45) is 16.0 Å². The fourth-order valence-electron chi connectivity index (χ4n) is 3.17. The van der Waals surface area contributed by atoms with Crippen molar-refractivity contribution < 1.29 is 0 Å². The fourth-order valence-corrected chi connectivity index (χ4v) is 3.17. The second-order valence-corrected chi connectivity index (χ2v) is 5.84. The van der Waals surface area contributed by atoms with Gasteiger partial charge < -0.3 is 0 Å². The summed E-state index contributed by atoms with van der Waals surface area (Å²) in [6.45, 7) is 6.27. The predicted octanol–water partition coefficient (Wildman–Crippen LogP) is 4.12. The van der Waals surface area contributed by atoms with E-state index in [1.54, 1.807) is 0 Å². The van der Waals surface area contributed by atoms with Gasteiger partial charge >= 0.3 is 5.69 Å². The van der Waals surface area contributed by atoms with Crippen molar-refractivity contribution >= 4 is 17.1 Å². The monoisotopic (exact) mass is 294 g/mol. The van der Waals surface area contributed by atoms with Crippen LogP contribution >= 0.6 is 0 Å². The number of fused-ring (bicyclic) bond motifs is 1. The molecule has 1 aromatic carbocycles. The van der Waals surface area contributed by atoms with E-state index in [1.807, 2.05) is 36.2 Å². The van der Waals surface area contributed by atoms with Crippen LogP contribution < -0.4 is 0 Å². The maximum absolute atomic E-state index is 8.78. The summed E-state index contributed by atoms with van der Waals surface area (Å²) in [4.78, 5) is 8.00. The largest absolute Gasteiger partial charge is 0.385 e. The van der Waals surface area contributed by atoms with Crippen LogP contribution in [-0.4, -0.2) is 22.6 Å². The van der Waals surface area contributed by atoms with Crippen LogP contribution in [0.4, 0.5) is 5.69 Å². The second-order valence-electron chi connectivity index (χ2n) is 5.84. The molecule has 0 amide bonds. The molecular formula is C17H20N5+. The van der Waals surface area contributed by atoms with E-state index in [0.29, 0.717) is 11.6 Å². The molecule has 112 valence electrons. The van der Waals surface area contributed by atoms with Crippen molar-refractivity contribution in [3.63, 3.8) is 0 Å². The van der Waals surface area contributed by atoms with Crippen LogP contribution in [0.25, 0.3) is 4.98 Å². The quantitative estimate of drug-likeness (QED) is 0.787. The molecule has 5 heteroatoms. The summed E-state index contributed by atoms with van der Waals surface area (Å²) in [5.74, 6) is 0.292. The molecule has 0 saturated heterocycles. The van der Waals surface area contributed by atoms with Crippen molar-refractivity contribution in [3.05, 3.63) is 46.6 Å². The fraction of sp³-hybridized carbons (Fsp3) is 0.412. The summed E-state index contributed by atoms with van der Waals surface area (Å²) >= 11 is 0. The van der Waals surface area contributed by atoms with Gasteiger partial charge in [-0.15, -0.1) is 0 Å². The summed E-state index contributed by atoms with van der Waals surface area (Å²) in [6, 6.07) is 7.66. The van der Waals surface area contributed by atoms with Crippen LogP contribution in [-0.2, 0) is 6.42 Å². The molecule has 5 nitrogen and oxygen atoms in total. The molecule has 2 aliphatic rings. The van der Waals surface area contributed by atoms with E-state index in [9.17, 15) is 0 Å². The highest BCUT2D eigenvalue weighted by Crippen LogP contribution is 2.33. The van der Waals surface area contributed by atoms with E-state index < -0.39 is 0 Å². The van der Waals surface area contributed by atoms with Gasteiger partial charge in [0.1, 0.15) is 6.17 Å². The molecule has 0 bridgehead atoms. The van der Waals surface area contributed by atoms with E-state index >= 15 is 0 Å². The lowest BCUT2D eigenvalue weighted by Crippen LogP contribution is -2.35. The number of aliphatic imine (C=N–C) groups is 1. The minimum absolute atomic E-state index is 0.0714. The Kier molecular flexibility index (Phi) is 3.76. The normalized spacial score (nSPS) is 23.4. The summed E-state index contributed by atoms with van der Waals surface area (Å²) in [6.07, 6.45) is 3.97. The summed E-state index contributed by atoms with van der Waals surface area (Å²) in [5.41, 5.74) is 5.20. The average Bonchev–Trinajstić information content (AvgIpc) is 2.86. The van der Waals surface area contributed by atoms with Gasteiger partial charge in [-0.3, -0.25) is 4.99 Å². The van der Waals surface area contributed by atoms with Gasteiger partial charge in [-0.25, -0.2) is 5.01 Å². The van der Waals surface area contributed by atoms with Gasteiger partial charge in [0.2, 0.25) is 5.39 Å². The lowest BCUT2D eigenvalue weighted by atomic mass is 9.91. The van der Waals surface area contributed by atoms with Crippen LogP contribution in [0.15, 0.2) is 46.1 Å². The van der Waals surface area contributed by atoms with Crippen LogP contribution in [0.1, 0.15) is 32.8 Å². The molecule has 0 spiro atoms. The number of hydrogen-bond donors (Lipinski definition) is 0. The van der Waals surface area contributed by atoms with E-state index in [0.717, 1.165) is 24.3 Å². The Morgan fingerprint density at radius 1 is 1.23 bits per heavy atom. The predicted molar refractivity (Wildman–Crippen MR) is 88.6 cm³/mol. The van der Waals surface area contributed by atoms with E-state index in [4.69, 9.17) is 15.5 Å². The highest BCUT2D eigenvalue weighted by atomic mass is 15.5. The lowest BCUT2D eigenvalue weighted by molar-refractivity contribution is 0.259. The number of hydrogen-bond acceptors (Lipinski definition) is 4. The third kappa shape index (κ3) is 2.52. The standard InChI is InChI=1S/C17H20N5/c1-4-16-15(10-13-5-7-14(20-18)8-6-13)17-19-11(2)9-12(3)22(17)21-16/h5-9,15,17H,4,10H2,1-3H3/q+1. The molecule has 0 fully saturated rings. The third-order valence-electron chi connectivity index (χ3n) is 4.26. The molecule has 0 aromatic heterocycles. The Balaban J connectivity index is 1.87. The van der Waals surface area contributed by atoms with Crippen LogP contribution in [0.3, 0.4) is 0 Å². The Labute approximate surface area is 130 Å². The molecule has 2 atom stereocenters. The maximum Gasteiger partial charge on any atom is 0.385 e. The molecular weight excluding hydrogens is 274 g/mol. The lowest BCUT2D eigenvalue weighted by Gasteiger charge is -2.28. The Bertz CT molecular complexity index is 706. The zero-order valence-corrected chi connectivity index (χ0v) is 13.2. The molecule has 1 aromatic rings. The number of hydrazone groups is 1. The van der Waals surface area contributed by atoms with Crippen LogP contribution in [0.2, 0.25) is 0 Å². The zero-order chi connectivity index (χ0) is 15.7. The van der Waals surface area contributed by atoms with Gasteiger partial charge in [0.25, 0.3) is 0 Å². The van der Waals surface area contributed by atoms with Crippen LogP contribution in [0, 0.1) is 11.3 Å². The topological polar surface area (TPSA) is 56.1 Å². The van der Waals surface area contributed by atoms with Crippen molar-refractivity contribution in [3.8, 4) is 0 Å². The first-order valence-electron chi connectivity index (χ1n) is 7.65. The van der Waals surface area contributed by atoms with Crippen molar-refractivity contribution in [1.29, 1.82) is 5.39 Å². The number of benzene rings is 1. The van der Waals surface area contributed by atoms with E-state index in [1.165, 1.54) is 11.3 Å². The smallest absolute Gasteiger partial charge is 0.263 e. The average molecular weight is 294 g/mol. The molecule has 0 N–H and O–H groups in total. The first kappa shape index (κ1) is 14.5. The highest BCUT2D eigenvalue weighted by molar-refractivity contribution is 5.96. The molecule has 2 heterocycles. The summed E-state index contributed by atoms with van der Waals surface area (Å²) in [7, 11) is 0. The molecule has 22 heavy (non-hydrogen) atoms. The number of diazo groups is 1. The zero-order valence-electron chi connectivity index (χ0n) is 13.2. The maximum atomic E-state index is 8.78. The third-order valence-corrected chi connectivity index (χ3v) is 4.26. The second kappa shape index (κ2) is 5.72. The minimum atomic E-state index is 0.0714. The van der Waals surface area contributed by atoms with Gasteiger partial charge in [-0.05, 0) is 38.3 Å². The minimum Gasteiger partial charge on any atom is -0.263 e. The summed E-state index contributed by atoms with van der Waals surface area (Å²) < 4.78 is 0. The number of rotatable bonds is 3. The number of nitrogens with zero attached hydrogens (tertiary/aromatic N) is 5. The van der Waals surface area contributed by atoms with Gasteiger partial charge in [0, 0.05) is 35.2 Å². The molecule has 0 saturated carbocycles. The van der Waals surface area contributed by atoms with Crippen LogP contribution in [0.5, 0.6) is 0 Å². The highest BCUT2D eigenvalue weighted by Gasteiger charge is 2.38. The van der Waals surface area contributed by atoms with Crippen molar-refractivity contribution in [2.45, 2.75) is 39.8 Å². The van der Waals surface area contributed by atoms with Gasteiger partial charge in [0.15, 0.2) is 4.98 Å². The van der Waals surface area contributed by atoms with E-state index in [-0.39, 0.29) is 6.17 Å². The molecule has 0 radical (unpaired) electrons. The molecule has 2 unspecified atom stereocenters. The first-order chi connectivity index (χ1) is 10.6. The van der Waals surface area contributed by atoms with Crippen molar-refractivity contribution in [2.75, 3.05) is 0 Å². The Morgan fingerprint density at radius 2 is 1.95 bits per heavy atom. The van der Waals surface area contributed by atoms with Gasteiger partial charge in [0.05, 0.1) is 0 Å². The molecule has 3 rings (SSSR count). The van der Waals surface area contributed by atoms with Gasteiger partial charge in [-0.2, -0.15) is 5.10 Å². The van der Waals surface area contributed by atoms with E-state index in [2.05, 4.69) is 24.9 Å². The first-order valence-corrected chi connectivity index (χ1v) is 7.65. The molecule has 0 aliphatic carbocycles. The summed E-state index contributed by atoms with van der Waals surface area (Å²) in [5, 5.41) is 15.6. The van der Waals surface area contributed by atoms with Crippen molar-refractivity contribution in [1.82, 2.24) is 5.01 Å². The Hall–Kier alpha value is -2.48. The Morgan fingerprint density at radius 3 is 2.59 bits per heavy atom. The SMILES string of the molecule is CCC1=NN2C(C)=CC(C)=NC2C1Cc1ccc([N+]#N)cc1. The molecule has 2 aliphatic heterocycles. The number of allylic oxidation sites excluding steroid dienone is 2. The van der Waals surface area contributed by atoms with Gasteiger partial charge in [-0.1, -0.05) is 19.1 Å².